The Morgan fingerprint density at radius 2 is 1.72 bits per heavy atom. The Morgan fingerprint density at radius 1 is 1.11 bits per heavy atom. The van der Waals surface area contributed by atoms with Crippen LogP contribution in [-0.4, -0.2) is 12.1 Å². The number of ether oxygens (including phenoxy) is 1. The van der Waals surface area contributed by atoms with Crippen molar-refractivity contribution in [2.45, 2.75) is 85.2 Å². The highest BCUT2D eigenvalue weighted by Gasteiger charge is 2.30. The van der Waals surface area contributed by atoms with Crippen LogP contribution in [0.3, 0.4) is 0 Å². The number of rotatable bonds is 5. The molecule has 0 spiro atoms. The van der Waals surface area contributed by atoms with Gasteiger partial charge in [0.2, 0.25) is 0 Å². The first-order valence-electron chi connectivity index (χ1n) is 7.63. The lowest BCUT2D eigenvalue weighted by Crippen LogP contribution is -2.30. The molecule has 0 radical (unpaired) electrons. The number of carbonyl (C=O) groups excluding carboxylic acids is 1. The molecule has 1 aliphatic rings. The molecular weight excluding hydrogens is 224 g/mol. The molecule has 106 valence electrons. The van der Waals surface area contributed by atoms with Crippen LogP contribution in [0.5, 0.6) is 0 Å². The molecule has 0 aromatic heterocycles. The van der Waals surface area contributed by atoms with Gasteiger partial charge in [0.25, 0.3) is 0 Å². The fourth-order valence-corrected chi connectivity index (χ4v) is 2.81. The monoisotopic (exact) mass is 254 g/mol. The molecule has 0 aromatic carbocycles. The van der Waals surface area contributed by atoms with Crippen molar-refractivity contribution in [3.8, 4) is 0 Å². The molecule has 0 heterocycles. The zero-order valence-corrected chi connectivity index (χ0v) is 12.6. The fourth-order valence-electron chi connectivity index (χ4n) is 2.81. The summed E-state index contributed by atoms with van der Waals surface area (Å²) in [6, 6.07) is 0. The second-order valence-corrected chi connectivity index (χ2v) is 6.79. The summed E-state index contributed by atoms with van der Waals surface area (Å²) < 4.78 is 5.56. The number of hydrogen-bond acceptors (Lipinski definition) is 2. The predicted molar refractivity (Wildman–Crippen MR) is 75.4 cm³/mol. The van der Waals surface area contributed by atoms with Crippen LogP contribution in [0.2, 0.25) is 0 Å². The Labute approximate surface area is 112 Å². The van der Waals surface area contributed by atoms with E-state index in [1.807, 2.05) is 0 Å². The SMILES string of the molecule is CCCCCC(=O)OC1CCC(C(C)(C)C)CC1. The van der Waals surface area contributed by atoms with E-state index in [1.165, 1.54) is 12.8 Å². The molecular formula is C16H30O2. The number of unbranched alkanes of at least 4 members (excludes halogenated alkanes) is 2. The molecule has 18 heavy (non-hydrogen) atoms. The summed E-state index contributed by atoms with van der Waals surface area (Å²) in [4.78, 5) is 11.6. The number of esters is 1. The minimum absolute atomic E-state index is 0.0164. The van der Waals surface area contributed by atoms with Crippen molar-refractivity contribution in [2.75, 3.05) is 0 Å². The fraction of sp³-hybridized carbons (Fsp3) is 0.938. The predicted octanol–water partition coefficient (Wildman–Crippen LogP) is 4.71. The first-order chi connectivity index (χ1) is 8.43. The van der Waals surface area contributed by atoms with Gasteiger partial charge in [-0.15, -0.1) is 0 Å². The lowest BCUT2D eigenvalue weighted by atomic mass is 9.72. The molecule has 0 atom stereocenters. The lowest BCUT2D eigenvalue weighted by molar-refractivity contribution is -0.151. The molecule has 0 aromatic rings. The third kappa shape index (κ3) is 5.41. The Hall–Kier alpha value is -0.530. The molecule has 2 nitrogen and oxygen atoms in total. The van der Waals surface area contributed by atoms with Crippen LogP contribution in [0.4, 0.5) is 0 Å². The molecule has 0 unspecified atom stereocenters. The standard InChI is InChI=1S/C16H30O2/c1-5-6-7-8-15(17)18-14-11-9-13(10-12-14)16(2,3)4/h13-14H,5-12H2,1-4H3. The van der Waals surface area contributed by atoms with Gasteiger partial charge in [-0.2, -0.15) is 0 Å². The van der Waals surface area contributed by atoms with Crippen LogP contribution in [0.25, 0.3) is 0 Å². The van der Waals surface area contributed by atoms with Crippen molar-refractivity contribution in [3.63, 3.8) is 0 Å². The minimum atomic E-state index is 0.0164. The maximum Gasteiger partial charge on any atom is 0.306 e. The first-order valence-corrected chi connectivity index (χ1v) is 7.63. The average Bonchev–Trinajstić information content (AvgIpc) is 2.29. The van der Waals surface area contributed by atoms with E-state index < -0.39 is 0 Å². The Balaban J connectivity index is 2.21. The number of hydrogen-bond donors (Lipinski definition) is 0. The van der Waals surface area contributed by atoms with Crippen LogP contribution < -0.4 is 0 Å². The molecule has 0 bridgehead atoms. The maximum atomic E-state index is 11.6. The van der Waals surface area contributed by atoms with Gasteiger partial charge in [0.05, 0.1) is 0 Å². The van der Waals surface area contributed by atoms with Crippen molar-refractivity contribution in [1.29, 1.82) is 0 Å². The molecule has 0 saturated heterocycles. The summed E-state index contributed by atoms with van der Waals surface area (Å²) in [5, 5.41) is 0. The van der Waals surface area contributed by atoms with Gasteiger partial charge in [-0.3, -0.25) is 4.79 Å². The zero-order chi connectivity index (χ0) is 13.6. The van der Waals surface area contributed by atoms with E-state index in [4.69, 9.17) is 4.74 Å². The Bertz CT molecular complexity index is 244. The zero-order valence-electron chi connectivity index (χ0n) is 12.6. The van der Waals surface area contributed by atoms with Crippen molar-refractivity contribution in [1.82, 2.24) is 0 Å². The van der Waals surface area contributed by atoms with Gasteiger partial charge < -0.3 is 4.74 Å². The summed E-state index contributed by atoms with van der Waals surface area (Å²) >= 11 is 0. The summed E-state index contributed by atoms with van der Waals surface area (Å²) in [5.41, 5.74) is 0.399. The van der Waals surface area contributed by atoms with Crippen molar-refractivity contribution in [3.05, 3.63) is 0 Å². The highest BCUT2D eigenvalue weighted by molar-refractivity contribution is 5.69. The van der Waals surface area contributed by atoms with Crippen LogP contribution in [0.15, 0.2) is 0 Å². The maximum absolute atomic E-state index is 11.6. The summed E-state index contributed by atoms with van der Waals surface area (Å²) in [6.07, 6.45) is 8.59. The second-order valence-electron chi connectivity index (χ2n) is 6.79. The van der Waals surface area contributed by atoms with Gasteiger partial charge in [-0.1, -0.05) is 40.5 Å². The first kappa shape index (κ1) is 15.5. The van der Waals surface area contributed by atoms with Crippen molar-refractivity contribution in [2.24, 2.45) is 11.3 Å². The highest BCUT2D eigenvalue weighted by Crippen LogP contribution is 2.38. The van der Waals surface area contributed by atoms with E-state index in [-0.39, 0.29) is 12.1 Å². The van der Waals surface area contributed by atoms with E-state index in [1.54, 1.807) is 0 Å². The highest BCUT2D eigenvalue weighted by atomic mass is 16.5. The van der Waals surface area contributed by atoms with Gasteiger partial charge in [0, 0.05) is 6.42 Å². The molecule has 0 N–H and O–H groups in total. The van der Waals surface area contributed by atoms with Gasteiger partial charge in [-0.25, -0.2) is 0 Å². The smallest absolute Gasteiger partial charge is 0.306 e. The second kappa shape index (κ2) is 7.16. The van der Waals surface area contributed by atoms with Crippen LogP contribution >= 0.6 is 0 Å². The third-order valence-electron chi connectivity index (χ3n) is 4.18. The molecule has 1 saturated carbocycles. The normalized spacial score (nSPS) is 24.9. The third-order valence-corrected chi connectivity index (χ3v) is 4.18. The van der Waals surface area contributed by atoms with E-state index >= 15 is 0 Å². The largest absolute Gasteiger partial charge is 0.462 e. The molecule has 1 rings (SSSR count). The van der Waals surface area contributed by atoms with Crippen molar-refractivity contribution < 1.29 is 9.53 Å². The van der Waals surface area contributed by atoms with Crippen LogP contribution in [0, 0.1) is 11.3 Å². The van der Waals surface area contributed by atoms with Gasteiger partial charge in [0.1, 0.15) is 6.10 Å². The van der Waals surface area contributed by atoms with E-state index in [0.717, 1.165) is 38.0 Å². The topological polar surface area (TPSA) is 26.3 Å². The molecule has 1 fully saturated rings. The number of carbonyl (C=O) groups is 1. The molecule has 0 amide bonds. The Kier molecular flexibility index (Phi) is 6.17. The summed E-state index contributed by atoms with van der Waals surface area (Å²) in [6.45, 7) is 9.09. The van der Waals surface area contributed by atoms with E-state index in [2.05, 4.69) is 27.7 Å². The van der Waals surface area contributed by atoms with E-state index in [0.29, 0.717) is 11.8 Å². The minimum Gasteiger partial charge on any atom is -0.462 e. The van der Waals surface area contributed by atoms with Crippen LogP contribution in [0.1, 0.15) is 79.1 Å². The lowest BCUT2D eigenvalue weighted by Gasteiger charge is -2.36. The van der Waals surface area contributed by atoms with Gasteiger partial charge >= 0.3 is 5.97 Å². The summed E-state index contributed by atoms with van der Waals surface area (Å²) in [5.74, 6) is 0.801. The van der Waals surface area contributed by atoms with Gasteiger partial charge in [-0.05, 0) is 43.4 Å². The Morgan fingerprint density at radius 3 is 2.22 bits per heavy atom. The molecule has 0 aliphatic heterocycles. The molecule has 2 heteroatoms. The van der Waals surface area contributed by atoms with Crippen LogP contribution in [-0.2, 0) is 9.53 Å². The van der Waals surface area contributed by atoms with Crippen molar-refractivity contribution >= 4 is 5.97 Å². The summed E-state index contributed by atoms with van der Waals surface area (Å²) in [7, 11) is 0. The molecule has 1 aliphatic carbocycles. The quantitative estimate of drug-likeness (QED) is 0.524. The van der Waals surface area contributed by atoms with Gasteiger partial charge in [0.15, 0.2) is 0 Å². The average molecular weight is 254 g/mol. The van der Waals surface area contributed by atoms with E-state index in [9.17, 15) is 4.79 Å².